The highest BCUT2D eigenvalue weighted by Crippen LogP contribution is 2.29. The Hall–Kier alpha value is -2.23. The number of aryl methyl sites for hydroxylation is 1. The van der Waals surface area contributed by atoms with Gasteiger partial charge >= 0.3 is 6.18 Å². The molecule has 27 heavy (non-hydrogen) atoms. The van der Waals surface area contributed by atoms with Crippen LogP contribution in [0.25, 0.3) is 5.82 Å². The molecule has 1 N–H and O–H groups in total. The molecule has 0 spiro atoms. The molecule has 0 saturated carbocycles. The molecule has 6 nitrogen and oxygen atoms in total. The molecule has 2 aromatic rings. The van der Waals surface area contributed by atoms with Gasteiger partial charge in [-0.15, -0.1) is 0 Å². The van der Waals surface area contributed by atoms with Gasteiger partial charge in [-0.2, -0.15) is 18.3 Å². The average molecular weight is 402 g/mol. The van der Waals surface area contributed by atoms with E-state index in [0.717, 1.165) is 12.3 Å². The van der Waals surface area contributed by atoms with Crippen LogP contribution in [0.5, 0.6) is 0 Å². The summed E-state index contributed by atoms with van der Waals surface area (Å²) in [4.78, 5) is 16.0. The van der Waals surface area contributed by atoms with Crippen molar-refractivity contribution in [2.75, 3.05) is 12.8 Å². The molecule has 2 heterocycles. The number of alkyl halides is 3. The number of nitrogens with zero attached hydrogens (tertiary/aromatic N) is 3. The molecule has 0 fully saturated rings. The molecular formula is C17H21F3N4O2S. The third kappa shape index (κ3) is 5.15. The normalized spacial score (nSPS) is 14.0. The number of rotatable bonds is 6. The molecule has 2 aromatic heterocycles. The van der Waals surface area contributed by atoms with E-state index < -0.39 is 22.5 Å². The number of carbonyl (C=O) groups excluding carboxylic acids is 1. The lowest BCUT2D eigenvalue weighted by atomic mass is 10.1. The van der Waals surface area contributed by atoms with Gasteiger partial charge in [0.2, 0.25) is 5.91 Å². The summed E-state index contributed by atoms with van der Waals surface area (Å²) in [5.41, 5.74) is 1.06. The van der Waals surface area contributed by atoms with E-state index in [9.17, 15) is 22.2 Å². The van der Waals surface area contributed by atoms with Crippen LogP contribution in [0.1, 0.15) is 29.4 Å². The minimum absolute atomic E-state index is 0.0708. The van der Waals surface area contributed by atoms with Crippen molar-refractivity contribution in [1.82, 2.24) is 20.1 Å². The summed E-state index contributed by atoms with van der Waals surface area (Å²) in [6.07, 6.45) is -2.05. The van der Waals surface area contributed by atoms with E-state index in [4.69, 9.17) is 0 Å². The van der Waals surface area contributed by atoms with Crippen molar-refractivity contribution in [3.8, 4) is 5.82 Å². The lowest BCUT2D eigenvalue weighted by Crippen LogP contribution is -2.33. The fourth-order valence-corrected chi connectivity index (χ4v) is 2.75. The predicted molar refractivity (Wildman–Crippen MR) is 96.1 cm³/mol. The molecule has 0 aliphatic carbocycles. The maximum Gasteiger partial charge on any atom is 0.417 e. The Morgan fingerprint density at radius 3 is 2.52 bits per heavy atom. The van der Waals surface area contributed by atoms with Crippen molar-refractivity contribution in [3.63, 3.8) is 0 Å². The first kappa shape index (κ1) is 21.1. The third-order valence-corrected chi connectivity index (χ3v) is 5.52. The summed E-state index contributed by atoms with van der Waals surface area (Å²) in [6, 6.07) is 2.18. The van der Waals surface area contributed by atoms with Crippen LogP contribution in [-0.4, -0.2) is 42.9 Å². The van der Waals surface area contributed by atoms with Crippen molar-refractivity contribution >= 4 is 16.7 Å². The Morgan fingerprint density at radius 1 is 1.33 bits per heavy atom. The third-order valence-electron chi connectivity index (χ3n) is 4.22. The van der Waals surface area contributed by atoms with Gasteiger partial charge in [0, 0.05) is 46.3 Å². The molecule has 10 heteroatoms. The molecule has 1 amide bonds. The zero-order valence-corrected chi connectivity index (χ0v) is 16.2. The second kappa shape index (κ2) is 8.20. The Labute approximate surface area is 157 Å². The zero-order valence-electron chi connectivity index (χ0n) is 15.4. The summed E-state index contributed by atoms with van der Waals surface area (Å²) in [5.74, 6) is 0.00342. The second-order valence-corrected chi connectivity index (χ2v) is 8.06. The van der Waals surface area contributed by atoms with Crippen LogP contribution in [0.2, 0.25) is 0 Å². The Kier molecular flexibility index (Phi) is 6.40. The number of carbonyl (C=O) groups is 1. The molecule has 0 aliphatic rings. The maximum atomic E-state index is 12.7. The molecule has 2 rings (SSSR count). The van der Waals surface area contributed by atoms with Crippen LogP contribution >= 0.6 is 0 Å². The number of hydrogen-bond donors (Lipinski definition) is 1. The Morgan fingerprint density at radius 2 is 2.00 bits per heavy atom. The maximum absolute atomic E-state index is 12.7. The molecule has 0 saturated heterocycles. The summed E-state index contributed by atoms with van der Waals surface area (Å²) in [6.45, 7) is 5.53. The minimum Gasteiger partial charge on any atom is -0.355 e. The van der Waals surface area contributed by atoms with Gasteiger partial charge < -0.3 is 5.32 Å². The molecule has 2 atom stereocenters. The average Bonchev–Trinajstić information content (AvgIpc) is 2.87. The molecule has 0 unspecified atom stereocenters. The van der Waals surface area contributed by atoms with E-state index in [2.05, 4.69) is 15.4 Å². The van der Waals surface area contributed by atoms with Crippen molar-refractivity contribution < 1.29 is 22.2 Å². The van der Waals surface area contributed by atoms with Gasteiger partial charge in [-0.05, 0) is 32.9 Å². The first-order valence-electron chi connectivity index (χ1n) is 8.18. The van der Waals surface area contributed by atoms with E-state index in [0.29, 0.717) is 23.5 Å². The number of halogens is 3. The topological polar surface area (TPSA) is 76.9 Å². The van der Waals surface area contributed by atoms with Gasteiger partial charge in [0.15, 0.2) is 5.82 Å². The van der Waals surface area contributed by atoms with Crippen molar-refractivity contribution in [1.29, 1.82) is 0 Å². The number of pyridine rings is 1. The highest BCUT2D eigenvalue weighted by molar-refractivity contribution is 7.84. The molecular weight excluding hydrogens is 381 g/mol. The lowest BCUT2D eigenvalue weighted by molar-refractivity contribution is -0.137. The van der Waals surface area contributed by atoms with Gasteiger partial charge in [0.1, 0.15) is 0 Å². The predicted octanol–water partition coefficient (Wildman–Crippen LogP) is 2.33. The minimum atomic E-state index is -4.46. The van der Waals surface area contributed by atoms with Gasteiger partial charge in [-0.3, -0.25) is 9.00 Å². The molecule has 148 valence electrons. The fraction of sp³-hybridized carbons (Fsp3) is 0.471. The number of hydrogen-bond acceptors (Lipinski definition) is 4. The summed E-state index contributed by atoms with van der Waals surface area (Å²) in [5, 5.41) is 6.87. The van der Waals surface area contributed by atoms with E-state index >= 15 is 0 Å². The van der Waals surface area contributed by atoms with E-state index in [1.54, 1.807) is 27.0 Å². The van der Waals surface area contributed by atoms with Crippen molar-refractivity contribution in [3.05, 3.63) is 40.8 Å². The van der Waals surface area contributed by atoms with E-state index in [-0.39, 0.29) is 23.4 Å². The van der Waals surface area contributed by atoms with E-state index in [1.807, 2.05) is 0 Å². The van der Waals surface area contributed by atoms with Gasteiger partial charge in [0.05, 0.1) is 17.7 Å². The fourth-order valence-electron chi connectivity index (χ4n) is 2.43. The van der Waals surface area contributed by atoms with Crippen LogP contribution in [-0.2, 0) is 28.2 Å². The van der Waals surface area contributed by atoms with Crippen LogP contribution in [0.4, 0.5) is 13.2 Å². The summed E-state index contributed by atoms with van der Waals surface area (Å²) < 4.78 is 50.8. The smallest absolute Gasteiger partial charge is 0.355 e. The zero-order chi connectivity index (χ0) is 20.4. The Balaban J connectivity index is 2.16. The van der Waals surface area contributed by atoms with E-state index in [1.165, 1.54) is 10.7 Å². The molecule has 0 radical (unpaired) electrons. The SMILES string of the molecule is Cc1nn(-c2ccc(C(F)(F)F)cn2)c(C)c1CC(=O)NC[C@@H](C)[S@](C)=O. The first-order chi connectivity index (χ1) is 12.5. The quantitative estimate of drug-likeness (QED) is 0.805. The lowest BCUT2D eigenvalue weighted by Gasteiger charge is -2.10. The van der Waals surface area contributed by atoms with Crippen molar-refractivity contribution in [2.24, 2.45) is 0 Å². The van der Waals surface area contributed by atoms with Crippen molar-refractivity contribution in [2.45, 2.75) is 38.6 Å². The van der Waals surface area contributed by atoms with Crippen LogP contribution in [0.3, 0.4) is 0 Å². The molecule has 0 aliphatic heterocycles. The largest absolute Gasteiger partial charge is 0.417 e. The monoisotopic (exact) mass is 402 g/mol. The van der Waals surface area contributed by atoms with Crippen LogP contribution in [0.15, 0.2) is 18.3 Å². The first-order valence-corrected chi connectivity index (χ1v) is 9.80. The molecule has 0 bridgehead atoms. The van der Waals surface area contributed by atoms with Gasteiger partial charge in [0.25, 0.3) is 0 Å². The molecule has 0 aromatic carbocycles. The standard InChI is InChI=1S/C17H21F3N4O2S/c1-10(27(4)26)8-22-16(25)7-14-11(2)23-24(12(14)3)15-6-5-13(9-21-15)17(18,19)20/h5-6,9-10H,7-8H2,1-4H3,(H,22,25)/t10-,27+/m1/s1. The second-order valence-electron chi connectivity index (χ2n) is 6.25. The van der Waals surface area contributed by atoms with Gasteiger partial charge in [-0.25, -0.2) is 9.67 Å². The van der Waals surface area contributed by atoms with Crippen LogP contribution in [0, 0.1) is 13.8 Å². The highest BCUT2D eigenvalue weighted by Gasteiger charge is 2.30. The summed E-state index contributed by atoms with van der Waals surface area (Å²) in [7, 11) is -1.03. The number of aromatic nitrogens is 3. The number of nitrogens with one attached hydrogen (secondary N) is 1. The number of amides is 1. The Bertz CT molecular complexity index is 847. The van der Waals surface area contributed by atoms with Crippen LogP contribution < -0.4 is 5.32 Å². The summed E-state index contributed by atoms with van der Waals surface area (Å²) >= 11 is 0. The van der Waals surface area contributed by atoms with Gasteiger partial charge in [-0.1, -0.05) is 0 Å². The highest BCUT2D eigenvalue weighted by atomic mass is 32.2.